The summed E-state index contributed by atoms with van der Waals surface area (Å²) in [5.41, 5.74) is 1.45. The maximum Gasteiger partial charge on any atom is 0.150 e. The molecule has 0 spiro atoms. The molecule has 2 heterocycles. The molecule has 0 aliphatic carbocycles. The highest BCUT2D eigenvalue weighted by Gasteiger charge is 2.07. The molecule has 3 rings (SSSR count). The molecule has 2 aromatic heterocycles. The van der Waals surface area contributed by atoms with E-state index in [1.165, 1.54) is 0 Å². The summed E-state index contributed by atoms with van der Waals surface area (Å²) in [6, 6.07) is 14.0. The fourth-order valence-corrected chi connectivity index (χ4v) is 2.01. The molecular weight excluding hydrogens is 210 g/mol. The Morgan fingerprint density at radius 1 is 1.06 bits per heavy atom. The summed E-state index contributed by atoms with van der Waals surface area (Å²) in [5, 5.41) is 11.1. The number of fused-ring (bicyclic) bond motifs is 1. The molecule has 0 fully saturated rings. The summed E-state index contributed by atoms with van der Waals surface area (Å²) in [4.78, 5) is 4.12. The summed E-state index contributed by atoms with van der Waals surface area (Å²) in [6.07, 6.45) is 5.59. The van der Waals surface area contributed by atoms with Crippen molar-refractivity contribution in [2.45, 2.75) is 0 Å². The van der Waals surface area contributed by atoms with E-state index in [4.69, 9.17) is 5.26 Å². The SMILES string of the molecule is N#Cc1nccc2cccc(-n3cccc3)c12. The molecule has 80 valence electrons. The van der Waals surface area contributed by atoms with E-state index >= 15 is 0 Å². The molecule has 3 heteroatoms. The minimum Gasteiger partial charge on any atom is -0.323 e. The van der Waals surface area contributed by atoms with Crippen LogP contribution in [0.25, 0.3) is 16.5 Å². The number of benzene rings is 1. The van der Waals surface area contributed by atoms with Crippen molar-refractivity contribution in [2.75, 3.05) is 0 Å². The monoisotopic (exact) mass is 219 g/mol. The molecule has 17 heavy (non-hydrogen) atoms. The largest absolute Gasteiger partial charge is 0.323 e. The zero-order valence-corrected chi connectivity index (χ0v) is 9.04. The van der Waals surface area contributed by atoms with E-state index in [1.807, 2.05) is 53.4 Å². The van der Waals surface area contributed by atoms with Gasteiger partial charge in [0.2, 0.25) is 0 Å². The van der Waals surface area contributed by atoms with E-state index in [-0.39, 0.29) is 0 Å². The van der Waals surface area contributed by atoms with Crippen LogP contribution in [0.15, 0.2) is 55.0 Å². The molecule has 0 N–H and O–H groups in total. The third kappa shape index (κ3) is 1.47. The van der Waals surface area contributed by atoms with Crippen LogP contribution in [0.1, 0.15) is 5.69 Å². The van der Waals surface area contributed by atoms with Crippen LogP contribution in [-0.4, -0.2) is 9.55 Å². The molecule has 0 atom stereocenters. The number of aromatic nitrogens is 2. The van der Waals surface area contributed by atoms with E-state index in [0.29, 0.717) is 5.69 Å². The Morgan fingerprint density at radius 2 is 1.88 bits per heavy atom. The summed E-state index contributed by atoms with van der Waals surface area (Å²) in [5.74, 6) is 0. The van der Waals surface area contributed by atoms with Crippen LogP contribution in [0, 0.1) is 11.3 Å². The molecule has 1 aromatic carbocycles. The Kier molecular flexibility index (Phi) is 2.13. The van der Waals surface area contributed by atoms with Crippen molar-refractivity contribution in [1.29, 1.82) is 5.26 Å². The Bertz CT molecular complexity index is 701. The van der Waals surface area contributed by atoms with Gasteiger partial charge in [-0.15, -0.1) is 0 Å². The number of pyridine rings is 1. The van der Waals surface area contributed by atoms with E-state index in [1.54, 1.807) is 6.20 Å². The first-order valence-electron chi connectivity index (χ1n) is 5.31. The van der Waals surface area contributed by atoms with Gasteiger partial charge in [-0.2, -0.15) is 5.26 Å². The average molecular weight is 219 g/mol. The van der Waals surface area contributed by atoms with Crippen molar-refractivity contribution >= 4 is 10.8 Å². The Labute approximate surface area is 98.6 Å². The fraction of sp³-hybridized carbons (Fsp3) is 0. The van der Waals surface area contributed by atoms with Crippen LogP contribution in [-0.2, 0) is 0 Å². The minimum atomic E-state index is 0.465. The van der Waals surface area contributed by atoms with Crippen LogP contribution in [0.2, 0.25) is 0 Å². The molecule has 3 nitrogen and oxygen atoms in total. The lowest BCUT2D eigenvalue weighted by Crippen LogP contribution is -1.94. The molecule has 0 unspecified atom stereocenters. The lowest BCUT2D eigenvalue weighted by Gasteiger charge is -2.08. The molecule has 0 aliphatic rings. The van der Waals surface area contributed by atoms with Gasteiger partial charge in [0.1, 0.15) is 11.8 Å². The molecule has 0 saturated carbocycles. The van der Waals surface area contributed by atoms with E-state index in [9.17, 15) is 0 Å². The summed E-state index contributed by atoms with van der Waals surface area (Å²) >= 11 is 0. The van der Waals surface area contributed by atoms with Crippen molar-refractivity contribution in [3.63, 3.8) is 0 Å². The highest BCUT2D eigenvalue weighted by atomic mass is 14.9. The average Bonchev–Trinajstić information content (AvgIpc) is 2.91. The second-order valence-corrected chi connectivity index (χ2v) is 3.74. The molecule has 0 radical (unpaired) electrons. The predicted octanol–water partition coefficient (Wildman–Crippen LogP) is 2.90. The molecule has 3 aromatic rings. The second kappa shape index (κ2) is 3.76. The number of hydrogen-bond acceptors (Lipinski definition) is 2. The third-order valence-corrected chi connectivity index (χ3v) is 2.76. The zero-order valence-electron chi connectivity index (χ0n) is 9.04. The normalized spacial score (nSPS) is 10.3. The third-order valence-electron chi connectivity index (χ3n) is 2.76. The van der Waals surface area contributed by atoms with Crippen molar-refractivity contribution in [3.8, 4) is 11.8 Å². The number of hydrogen-bond donors (Lipinski definition) is 0. The molecule has 0 aliphatic heterocycles. The van der Waals surface area contributed by atoms with Gasteiger partial charge in [-0.25, -0.2) is 4.98 Å². The quantitative estimate of drug-likeness (QED) is 0.631. The van der Waals surface area contributed by atoms with Crippen LogP contribution in [0.3, 0.4) is 0 Å². The predicted molar refractivity (Wildman–Crippen MR) is 65.8 cm³/mol. The lowest BCUT2D eigenvalue weighted by molar-refractivity contribution is 1.09. The van der Waals surface area contributed by atoms with Gasteiger partial charge in [0.15, 0.2) is 0 Å². The van der Waals surface area contributed by atoms with E-state index in [2.05, 4.69) is 11.1 Å². The Morgan fingerprint density at radius 3 is 2.65 bits per heavy atom. The Balaban J connectivity index is 2.44. The topological polar surface area (TPSA) is 41.6 Å². The molecule has 0 saturated heterocycles. The van der Waals surface area contributed by atoms with Gasteiger partial charge in [0, 0.05) is 24.0 Å². The summed E-state index contributed by atoms with van der Waals surface area (Å²) in [6.45, 7) is 0. The van der Waals surface area contributed by atoms with Gasteiger partial charge >= 0.3 is 0 Å². The van der Waals surface area contributed by atoms with Gasteiger partial charge in [-0.1, -0.05) is 12.1 Å². The van der Waals surface area contributed by atoms with E-state index < -0.39 is 0 Å². The van der Waals surface area contributed by atoms with Crippen LogP contribution in [0.5, 0.6) is 0 Å². The number of rotatable bonds is 1. The smallest absolute Gasteiger partial charge is 0.150 e. The first-order valence-corrected chi connectivity index (χ1v) is 5.31. The van der Waals surface area contributed by atoms with Crippen molar-refractivity contribution in [3.05, 3.63) is 60.7 Å². The van der Waals surface area contributed by atoms with Crippen LogP contribution < -0.4 is 0 Å². The number of nitrogens with zero attached hydrogens (tertiary/aromatic N) is 3. The number of nitriles is 1. The molecule has 0 amide bonds. The van der Waals surface area contributed by atoms with Gasteiger partial charge in [0.05, 0.1) is 5.69 Å². The standard InChI is InChI=1S/C14H9N3/c15-10-12-14-11(6-7-16-12)4-3-5-13(14)17-8-1-2-9-17/h1-9H. The maximum atomic E-state index is 9.14. The summed E-state index contributed by atoms with van der Waals surface area (Å²) in [7, 11) is 0. The van der Waals surface area contributed by atoms with Crippen molar-refractivity contribution in [1.82, 2.24) is 9.55 Å². The molecule has 0 bridgehead atoms. The van der Waals surface area contributed by atoms with Crippen molar-refractivity contribution in [2.24, 2.45) is 0 Å². The van der Waals surface area contributed by atoms with Crippen LogP contribution in [0.4, 0.5) is 0 Å². The van der Waals surface area contributed by atoms with Gasteiger partial charge in [-0.05, 0) is 29.7 Å². The highest BCUT2D eigenvalue weighted by Crippen LogP contribution is 2.24. The van der Waals surface area contributed by atoms with E-state index in [0.717, 1.165) is 16.5 Å². The maximum absolute atomic E-state index is 9.14. The van der Waals surface area contributed by atoms with Crippen LogP contribution >= 0.6 is 0 Å². The van der Waals surface area contributed by atoms with Gasteiger partial charge in [0.25, 0.3) is 0 Å². The first-order chi connectivity index (χ1) is 8.40. The highest BCUT2D eigenvalue weighted by molar-refractivity contribution is 5.93. The second-order valence-electron chi connectivity index (χ2n) is 3.74. The minimum absolute atomic E-state index is 0.465. The fourth-order valence-electron chi connectivity index (χ4n) is 2.01. The first kappa shape index (κ1) is 9.61. The molecular formula is C14H9N3. The lowest BCUT2D eigenvalue weighted by atomic mass is 10.1. The van der Waals surface area contributed by atoms with Crippen molar-refractivity contribution < 1.29 is 0 Å². The van der Waals surface area contributed by atoms with Gasteiger partial charge in [-0.3, -0.25) is 0 Å². The summed E-state index contributed by atoms with van der Waals surface area (Å²) < 4.78 is 1.99. The van der Waals surface area contributed by atoms with Gasteiger partial charge < -0.3 is 4.57 Å². The zero-order chi connectivity index (χ0) is 11.7. The Hall–Kier alpha value is -2.60.